The number of nitrogens with two attached hydrogens (primary N) is 1. The standard InChI is InChI=1S/C14H21FN2/c1-10(16)8-12-9-13(15)5-6-14(12)17-7-3-4-11(17)2/h5-6,9-11H,3-4,7-8,16H2,1-2H3. The summed E-state index contributed by atoms with van der Waals surface area (Å²) in [4.78, 5) is 2.37. The number of benzene rings is 1. The van der Waals surface area contributed by atoms with Gasteiger partial charge in [-0.3, -0.25) is 0 Å². The fraction of sp³-hybridized carbons (Fsp3) is 0.571. The third-order valence-corrected chi connectivity index (χ3v) is 3.45. The first kappa shape index (κ1) is 12.4. The van der Waals surface area contributed by atoms with Crippen molar-refractivity contribution < 1.29 is 4.39 Å². The highest BCUT2D eigenvalue weighted by atomic mass is 19.1. The van der Waals surface area contributed by atoms with Gasteiger partial charge in [0.25, 0.3) is 0 Å². The molecular weight excluding hydrogens is 215 g/mol. The first-order valence-electron chi connectivity index (χ1n) is 6.38. The van der Waals surface area contributed by atoms with E-state index in [2.05, 4.69) is 11.8 Å². The van der Waals surface area contributed by atoms with Gasteiger partial charge in [0.05, 0.1) is 0 Å². The molecule has 0 bridgehead atoms. The topological polar surface area (TPSA) is 29.3 Å². The first-order chi connectivity index (χ1) is 8.08. The van der Waals surface area contributed by atoms with Gasteiger partial charge in [0.15, 0.2) is 0 Å². The fourth-order valence-electron chi connectivity index (χ4n) is 2.64. The molecule has 1 saturated heterocycles. The van der Waals surface area contributed by atoms with Gasteiger partial charge in [0, 0.05) is 24.3 Å². The molecule has 0 aromatic heterocycles. The van der Waals surface area contributed by atoms with Gasteiger partial charge in [-0.15, -0.1) is 0 Å². The number of halogens is 1. The predicted octanol–water partition coefficient (Wildman–Crippen LogP) is 2.70. The molecule has 2 N–H and O–H groups in total. The highest BCUT2D eigenvalue weighted by Gasteiger charge is 2.22. The lowest BCUT2D eigenvalue weighted by Crippen LogP contribution is -2.28. The minimum absolute atomic E-state index is 0.0634. The number of hydrogen-bond donors (Lipinski definition) is 1. The molecule has 0 spiro atoms. The van der Waals surface area contributed by atoms with E-state index < -0.39 is 0 Å². The highest BCUT2D eigenvalue weighted by Crippen LogP contribution is 2.29. The maximum Gasteiger partial charge on any atom is 0.123 e. The second-order valence-corrected chi connectivity index (χ2v) is 5.14. The average molecular weight is 236 g/mol. The maximum absolute atomic E-state index is 13.3. The zero-order chi connectivity index (χ0) is 12.4. The SMILES string of the molecule is CC(N)Cc1cc(F)ccc1N1CCCC1C. The van der Waals surface area contributed by atoms with Gasteiger partial charge in [-0.1, -0.05) is 0 Å². The van der Waals surface area contributed by atoms with Gasteiger partial charge < -0.3 is 10.6 Å². The lowest BCUT2D eigenvalue weighted by molar-refractivity contribution is 0.621. The molecule has 1 aliphatic heterocycles. The van der Waals surface area contributed by atoms with Crippen molar-refractivity contribution in [2.75, 3.05) is 11.4 Å². The van der Waals surface area contributed by atoms with Crippen molar-refractivity contribution in [2.45, 2.75) is 45.2 Å². The van der Waals surface area contributed by atoms with Gasteiger partial charge in [0.1, 0.15) is 5.82 Å². The van der Waals surface area contributed by atoms with Crippen LogP contribution in [0.25, 0.3) is 0 Å². The highest BCUT2D eigenvalue weighted by molar-refractivity contribution is 5.55. The van der Waals surface area contributed by atoms with E-state index in [1.807, 2.05) is 13.0 Å². The van der Waals surface area contributed by atoms with E-state index in [9.17, 15) is 4.39 Å². The third kappa shape index (κ3) is 2.78. The molecule has 2 unspecified atom stereocenters. The van der Waals surface area contributed by atoms with E-state index in [0.717, 1.165) is 24.2 Å². The van der Waals surface area contributed by atoms with Crippen LogP contribution in [-0.2, 0) is 6.42 Å². The van der Waals surface area contributed by atoms with E-state index in [4.69, 9.17) is 5.73 Å². The van der Waals surface area contributed by atoms with Gasteiger partial charge in [-0.25, -0.2) is 4.39 Å². The summed E-state index contributed by atoms with van der Waals surface area (Å²) in [7, 11) is 0. The van der Waals surface area contributed by atoms with E-state index in [1.54, 1.807) is 12.1 Å². The Morgan fingerprint density at radius 3 is 2.88 bits per heavy atom. The molecule has 17 heavy (non-hydrogen) atoms. The average Bonchev–Trinajstić information content (AvgIpc) is 2.64. The van der Waals surface area contributed by atoms with Gasteiger partial charge >= 0.3 is 0 Å². The van der Waals surface area contributed by atoms with Gasteiger partial charge in [-0.2, -0.15) is 0 Å². The summed E-state index contributed by atoms with van der Waals surface area (Å²) >= 11 is 0. The van der Waals surface area contributed by atoms with Gasteiger partial charge in [-0.05, 0) is 56.9 Å². The molecule has 3 heteroatoms. The lowest BCUT2D eigenvalue weighted by Gasteiger charge is -2.27. The quantitative estimate of drug-likeness (QED) is 0.874. The maximum atomic E-state index is 13.3. The molecule has 1 heterocycles. The molecule has 0 radical (unpaired) electrons. The fourth-order valence-corrected chi connectivity index (χ4v) is 2.64. The second kappa shape index (κ2) is 5.05. The van der Waals surface area contributed by atoms with Crippen molar-refractivity contribution in [1.82, 2.24) is 0 Å². The van der Waals surface area contributed by atoms with Crippen LogP contribution in [0.4, 0.5) is 10.1 Å². The second-order valence-electron chi connectivity index (χ2n) is 5.14. The zero-order valence-electron chi connectivity index (χ0n) is 10.6. The van der Waals surface area contributed by atoms with Crippen LogP contribution in [0.2, 0.25) is 0 Å². The van der Waals surface area contributed by atoms with E-state index in [-0.39, 0.29) is 11.9 Å². The summed E-state index contributed by atoms with van der Waals surface area (Å²) in [6.07, 6.45) is 3.17. The minimum atomic E-state index is -0.170. The van der Waals surface area contributed by atoms with Crippen LogP contribution >= 0.6 is 0 Å². The molecule has 1 aromatic rings. The molecule has 94 valence electrons. The Hall–Kier alpha value is -1.09. The van der Waals surface area contributed by atoms with Crippen molar-refractivity contribution in [1.29, 1.82) is 0 Å². The Balaban J connectivity index is 2.31. The lowest BCUT2D eigenvalue weighted by atomic mass is 10.0. The van der Waals surface area contributed by atoms with E-state index >= 15 is 0 Å². The Labute approximate surface area is 103 Å². The van der Waals surface area contributed by atoms with Crippen LogP contribution in [-0.4, -0.2) is 18.6 Å². The van der Waals surface area contributed by atoms with Crippen LogP contribution < -0.4 is 10.6 Å². The molecule has 0 aliphatic carbocycles. The monoisotopic (exact) mass is 236 g/mol. The molecule has 2 atom stereocenters. The summed E-state index contributed by atoms with van der Waals surface area (Å²) < 4.78 is 13.3. The van der Waals surface area contributed by atoms with Crippen molar-refractivity contribution in [2.24, 2.45) is 5.73 Å². The minimum Gasteiger partial charge on any atom is -0.369 e. The molecule has 1 fully saturated rings. The summed E-state index contributed by atoms with van der Waals surface area (Å²) in [5, 5.41) is 0. The molecular formula is C14H21FN2. The summed E-state index contributed by atoms with van der Waals surface area (Å²) in [5.74, 6) is -0.170. The van der Waals surface area contributed by atoms with Crippen molar-refractivity contribution in [3.05, 3.63) is 29.6 Å². The van der Waals surface area contributed by atoms with Crippen molar-refractivity contribution in [3.8, 4) is 0 Å². The zero-order valence-corrected chi connectivity index (χ0v) is 10.6. The number of hydrogen-bond acceptors (Lipinski definition) is 2. The van der Waals surface area contributed by atoms with E-state index in [0.29, 0.717) is 6.04 Å². The number of anilines is 1. The van der Waals surface area contributed by atoms with E-state index in [1.165, 1.54) is 12.8 Å². The Morgan fingerprint density at radius 1 is 1.53 bits per heavy atom. The first-order valence-corrected chi connectivity index (χ1v) is 6.38. The molecule has 2 nitrogen and oxygen atoms in total. The molecule has 2 rings (SSSR count). The van der Waals surface area contributed by atoms with Crippen LogP contribution in [0, 0.1) is 5.82 Å². The molecule has 1 aliphatic rings. The van der Waals surface area contributed by atoms with Crippen molar-refractivity contribution in [3.63, 3.8) is 0 Å². The van der Waals surface area contributed by atoms with Crippen LogP contribution in [0.5, 0.6) is 0 Å². The Kier molecular flexibility index (Phi) is 3.67. The smallest absolute Gasteiger partial charge is 0.123 e. The summed E-state index contributed by atoms with van der Waals surface area (Å²) in [6.45, 7) is 5.26. The van der Waals surface area contributed by atoms with Crippen LogP contribution in [0.1, 0.15) is 32.3 Å². The third-order valence-electron chi connectivity index (χ3n) is 3.45. The van der Waals surface area contributed by atoms with Crippen LogP contribution in [0.15, 0.2) is 18.2 Å². The molecule has 0 amide bonds. The molecule has 0 saturated carbocycles. The Morgan fingerprint density at radius 2 is 2.29 bits per heavy atom. The van der Waals surface area contributed by atoms with Gasteiger partial charge in [0.2, 0.25) is 0 Å². The Bertz CT molecular complexity index is 390. The molecule has 1 aromatic carbocycles. The normalized spacial score (nSPS) is 21.9. The predicted molar refractivity (Wildman–Crippen MR) is 69.8 cm³/mol. The van der Waals surface area contributed by atoms with Crippen LogP contribution in [0.3, 0.4) is 0 Å². The largest absolute Gasteiger partial charge is 0.369 e. The van der Waals surface area contributed by atoms with Crippen molar-refractivity contribution >= 4 is 5.69 Å². The summed E-state index contributed by atoms with van der Waals surface area (Å²) in [5.41, 5.74) is 8.03. The summed E-state index contributed by atoms with van der Waals surface area (Å²) in [6, 6.07) is 5.68. The number of rotatable bonds is 3. The number of nitrogens with zero attached hydrogens (tertiary/aromatic N) is 1.